The number of aromatic amines is 1. The lowest BCUT2D eigenvalue weighted by molar-refractivity contribution is -0.0144. The Morgan fingerprint density at radius 3 is 2.45 bits per heavy atom. The Hall–Kier alpha value is -4.20. The molecule has 0 radical (unpaired) electrons. The molecule has 5 aromatic rings. The molecule has 0 amide bonds. The largest absolute Gasteiger partial charge is 0.437 e. The molecule has 40 heavy (non-hydrogen) atoms. The van der Waals surface area contributed by atoms with Gasteiger partial charge in [0.05, 0.1) is 11.0 Å². The van der Waals surface area contributed by atoms with Crippen LogP contribution in [0, 0.1) is 0 Å². The smallest absolute Gasteiger partial charge is 0.243 e. The number of nitrogens with one attached hydrogen (secondary N) is 2. The van der Waals surface area contributed by atoms with E-state index >= 15 is 0 Å². The molecule has 7 heteroatoms. The van der Waals surface area contributed by atoms with Gasteiger partial charge < -0.3 is 20.1 Å². The number of hydrogen-bond acceptors (Lipinski definition) is 6. The molecule has 0 spiro atoms. The summed E-state index contributed by atoms with van der Waals surface area (Å²) in [6.07, 6.45) is 1.12. The standard InChI is InChI=1S/C33H37N5O2/c1-22(38(23(2)39)21-24-12-7-6-8-13-24)25-17-18-27-29(20-25)37-32(35-27)36-28-15-11-19-34-31(28)40-30-16-10-9-14-26(30)33(3,4)5/h6-20,22-23,39H,21H2,1-5H3,(H2,35,36,37). The number of H-pyrrole nitrogens is 1. The Morgan fingerprint density at radius 2 is 1.70 bits per heavy atom. The highest BCUT2D eigenvalue weighted by molar-refractivity contribution is 5.79. The van der Waals surface area contributed by atoms with E-state index in [-0.39, 0.29) is 11.5 Å². The minimum absolute atomic E-state index is 0.00877. The maximum atomic E-state index is 10.6. The SMILES string of the molecule is CC(O)N(Cc1ccccc1)C(C)c1ccc2nc(Nc3cccnc3Oc3ccccc3C(C)(C)C)[nH]c2c1. The van der Waals surface area contributed by atoms with Crippen LogP contribution in [0.2, 0.25) is 0 Å². The van der Waals surface area contributed by atoms with Gasteiger partial charge in [-0.1, -0.05) is 75.4 Å². The number of aromatic nitrogens is 3. The number of aliphatic hydroxyl groups is 1. The molecule has 2 heterocycles. The second-order valence-electron chi connectivity index (χ2n) is 11.2. The topological polar surface area (TPSA) is 86.3 Å². The average Bonchev–Trinajstić information content (AvgIpc) is 3.34. The summed E-state index contributed by atoms with van der Waals surface area (Å²) in [7, 11) is 0. The van der Waals surface area contributed by atoms with Gasteiger partial charge in [-0.05, 0) is 60.7 Å². The lowest BCUT2D eigenvalue weighted by Gasteiger charge is -2.32. The molecule has 0 aliphatic rings. The van der Waals surface area contributed by atoms with Gasteiger partial charge in [-0.25, -0.2) is 9.97 Å². The van der Waals surface area contributed by atoms with Gasteiger partial charge in [0.2, 0.25) is 11.8 Å². The van der Waals surface area contributed by atoms with Gasteiger partial charge >= 0.3 is 0 Å². The minimum Gasteiger partial charge on any atom is -0.437 e. The molecule has 2 unspecified atom stereocenters. The van der Waals surface area contributed by atoms with E-state index in [9.17, 15) is 5.11 Å². The fourth-order valence-electron chi connectivity index (χ4n) is 4.90. The number of pyridine rings is 1. The van der Waals surface area contributed by atoms with E-state index in [1.807, 2.05) is 61.5 Å². The second-order valence-corrected chi connectivity index (χ2v) is 11.2. The highest BCUT2D eigenvalue weighted by Crippen LogP contribution is 2.36. The van der Waals surface area contributed by atoms with Crippen molar-refractivity contribution in [1.29, 1.82) is 0 Å². The zero-order valence-corrected chi connectivity index (χ0v) is 23.7. The van der Waals surface area contributed by atoms with E-state index in [4.69, 9.17) is 9.72 Å². The van der Waals surface area contributed by atoms with Gasteiger partial charge in [0.25, 0.3) is 0 Å². The summed E-state index contributed by atoms with van der Waals surface area (Å²) < 4.78 is 6.32. The van der Waals surface area contributed by atoms with Crippen LogP contribution in [0.25, 0.3) is 11.0 Å². The van der Waals surface area contributed by atoms with E-state index in [2.05, 4.69) is 78.2 Å². The first kappa shape index (κ1) is 27.4. The monoisotopic (exact) mass is 535 g/mol. The first-order valence-electron chi connectivity index (χ1n) is 13.7. The second kappa shape index (κ2) is 11.5. The van der Waals surface area contributed by atoms with Crippen LogP contribution in [0.15, 0.2) is 91.1 Å². The Bertz CT molecular complexity index is 1570. The number of anilines is 2. The van der Waals surface area contributed by atoms with Crippen molar-refractivity contribution in [1.82, 2.24) is 19.9 Å². The third-order valence-corrected chi connectivity index (χ3v) is 7.10. The van der Waals surface area contributed by atoms with Crippen LogP contribution in [-0.2, 0) is 12.0 Å². The van der Waals surface area contributed by atoms with Crippen molar-refractivity contribution >= 4 is 22.7 Å². The normalized spacial score (nSPS) is 13.4. The van der Waals surface area contributed by atoms with Crippen molar-refractivity contribution < 1.29 is 9.84 Å². The maximum absolute atomic E-state index is 10.6. The number of hydrogen-bond donors (Lipinski definition) is 3. The Kier molecular flexibility index (Phi) is 7.87. The summed E-state index contributed by atoms with van der Waals surface area (Å²) in [5.41, 5.74) is 5.73. The molecular weight excluding hydrogens is 498 g/mol. The molecule has 0 aliphatic carbocycles. The summed E-state index contributed by atoms with van der Waals surface area (Å²) in [5.74, 6) is 1.85. The maximum Gasteiger partial charge on any atom is 0.243 e. The summed E-state index contributed by atoms with van der Waals surface area (Å²) >= 11 is 0. The third kappa shape index (κ3) is 6.17. The summed E-state index contributed by atoms with van der Waals surface area (Å²) in [5, 5.41) is 13.9. The molecular formula is C33H37N5O2. The van der Waals surface area contributed by atoms with Crippen molar-refractivity contribution in [3.8, 4) is 11.6 Å². The van der Waals surface area contributed by atoms with Crippen molar-refractivity contribution in [2.24, 2.45) is 0 Å². The quantitative estimate of drug-likeness (QED) is 0.168. The molecule has 3 aromatic carbocycles. The predicted octanol–water partition coefficient (Wildman–Crippen LogP) is 7.69. The van der Waals surface area contributed by atoms with E-state index in [1.54, 1.807) is 6.20 Å². The summed E-state index contributed by atoms with van der Waals surface area (Å²) in [6, 6.07) is 28.2. The van der Waals surface area contributed by atoms with Gasteiger partial charge in [0, 0.05) is 24.3 Å². The molecule has 2 atom stereocenters. The third-order valence-electron chi connectivity index (χ3n) is 7.10. The van der Waals surface area contributed by atoms with E-state index in [0.29, 0.717) is 24.1 Å². The number of rotatable bonds is 9. The molecule has 0 saturated carbocycles. The van der Waals surface area contributed by atoms with Gasteiger partial charge in [-0.15, -0.1) is 0 Å². The molecule has 3 N–H and O–H groups in total. The molecule has 2 aromatic heterocycles. The van der Waals surface area contributed by atoms with Gasteiger partial charge in [-0.3, -0.25) is 4.90 Å². The van der Waals surface area contributed by atoms with Gasteiger partial charge in [0.1, 0.15) is 17.7 Å². The number of para-hydroxylation sites is 1. The lowest BCUT2D eigenvalue weighted by atomic mass is 9.86. The van der Waals surface area contributed by atoms with Crippen molar-refractivity contribution in [3.63, 3.8) is 0 Å². The zero-order chi connectivity index (χ0) is 28.3. The van der Waals surface area contributed by atoms with E-state index in [0.717, 1.165) is 33.5 Å². The lowest BCUT2D eigenvalue weighted by Crippen LogP contribution is -2.34. The van der Waals surface area contributed by atoms with Gasteiger partial charge in [-0.2, -0.15) is 0 Å². The molecule has 0 fully saturated rings. The zero-order valence-electron chi connectivity index (χ0n) is 23.7. The van der Waals surface area contributed by atoms with Crippen LogP contribution in [0.3, 0.4) is 0 Å². The van der Waals surface area contributed by atoms with Crippen LogP contribution in [0.1, 0.15) is 57.4 Å². The van der Waals surface area contributed by atoms with E-state index in [1.165, 1.54) is 0 Å². The number of nitrogens with zero attached hydrogens (tertiary/aromatic N) is 3. The van der Waals surface area contributed by atoms with Crippen molar-refractivity contribution in [3.05, 3.63) is 108 Å². The van der Waals surface area contributed by atoms with Gasteiger partial charge in [0.15, 0.2) is 0 Å². The first-order chi connectivity index (χ1) is 19.2. The molecule has 0 aliphatic heterocycles. The first-order valence-corrected chi connectivity index (χ1v) is 13.7. The molecule has 5 rings (SSSR count). The highest BCUT2D eigenvalue weighted by Gasteiger charge is 2.22. The number of benzene rings is 3. The Morgan fingerprint density at radius 1 is 0.950 bits per heavy atom. The minimum atomic E-state index is -0.600. The summed E-state index contributed by atoms with van der Waals surface area (Å²) in [6.45, 7) is 11.1. The average molecular weight is 536 g/mol. The van der Waals surface area contributed by atoms with Crippen molar-refractivity contribution in [2.75, 3.05) is 5.32 Å². The molecule has 7 nitrogen and oxygen atoms in total. The molecule has 0 saturated heterocycles. The van der Waals surface area contributed by atoms with E-state index < -0.39 is 6.23 Å². The Labute approximate surface area is 235 Å². The predicted molar refractivity (Wildman–Crippen MR) is 161 cm³/mol. The number of ether oxygens (including phenoxy) is 1. The number of fused-ring (bicyclic) bond motifs is 1. The van der Waals surface area contributed by atoms with Crippen LogP contribution in [0.4, 0.5) is 11.6 Å². The number of imidazole rings is 1. The fraction of sp³-hybridized carbons (Fsp3) is 0.273. The van der Waals surface area contributed by atoms with Crippen LogP contribution in [0.5, 0.6) is 11.6 Å². The highest BCUT2D eigenvalue weighted by atomic mass is 16.5. The molecule has 206 valence electrons. The molecule has 0 bridgehead atoms. The summed E-state index contributed by atoms with van der Waals surface area (Å²) in [4.78, 5) is 14.7. The van der Waals surface area contributed by atoms with Crippen LogP contribution in [-0.4, -0.2) is 31.2 Å². The van der Waals surface area contributed by atoms with Crippen LogP contribution < -0.4 is 10.1 Å². The number of aliphatic hydroxyl groups excluding tert-OH is 1. The fourth-order valence-corrected chi connectivity index (χ4v) is 4.90. The Balaban J connectivity index is 1.38. The van der Waals surface area contributed by atoms with Crippen molar-refractivity contribution in [2.45, 2.75) is 58.8 Å². The van der Waals surface area contributed by atoms with Crippen LogP contribution >= 0.6 is 0 Å².